The van der Waals surface area contributed by atoms with Crippen molar-refractivity contribution in [2.75, 3.05) is 39.5 Å². The van der Waals surface area contributed by atoms with Crippen LogP contribution >= 0.6 is 0 Å². The average Bonchev–Trinajstić information content (AvgIpc) is 2.70. The van der Waals surface area contributed by atoms with Crippen LogP contribution in [0.2, 0.25) is 0 Å². The topological polar surface area (TPSA) is 74.3 Å². The van der Waals surface area contributed by atoms with Gasteiger partial charge < -0.3 is 23.8 Å². The average molecular weight is 391 g/mol. The molecule has 0 aromatic heterocycles. The van der Waals surface area contributed by atoms with Crippen LogP contribution in [-0.4, -0.2) is 62.4 Å². The summed E-state index contributed by atoms with van der Waals surface area (Å²) in [6, 6.07) is 5.45. The summed E-state index contributed by atoms with van der Waals surface area (Å²) >= 11 is 0. The predicted molar refractivity (Wildman–Crippen MR) is 105 cm³/mol. The van der Waals surface area contributed by atoms with Crippen LogP contribution in [-0.2, 0) is 19.1 Å². The second kappa shape index (κ2) is 11.3. The molecular weight excluding hydrogens is 362 g/mol. The van der Waals surface area contributed by atoms with E-state index in [-0.39, 0.29) is 18.6 Å². The van der Waals surface area contributed by atoms with E-state index in [0.29, 0.717) is 44.4 Å². The van der Waals surface area contributed by atoms with Crippen molar-refractivity contribution in [1.29, 1.82) is 0 Å². The van der Waals surface area contributed by atoms with E-state index in [1.54, 1.807) is 17.0 Å². The van der Waals surface area contributed by atoms with E-state index in [1.807, 2.05) is 32.9 Å². The van der Waals surface area contributed by atoms with Gasteiger partial charge in [-0.05, 0) is 44.0 Å². The van der Waals surface area contributed by atoms with Crippen molar-refractivity contribution in [3.8, 4) is 11.5 Å². The number of carbonyl (C=O) groups excluding carboxylic acids is 2. The highest BCUT2D eigenvalue weighted by atomic mass is 16.5. The molecule has 1 fully saturated rings. The maximum absolute atomic E-state index is 12.1. The summed E-state index contributed by atoms with van der Waals surface area (Å²) in [5, 5.41) is 0. The summed E-state index contributed by atoms with van der Waals surface area (Å²) in [5.41, 5.74) is 0.776. The first-order valence-electron chi connectivity index (χ1n) is 9.67. The minimum absolute atomic E-state index is 0.00268. The summed E-state index contributed by atoms with van der Waals surface area (Å²) in [7, 11) is 0. The zero-order valence-corrected chi connectivity index (χ0v) is 16.8. The second-order valence-electron chi connectivity index (χ2n) is 6.45. The molecule has 1 unspecified atom stereocenters. The molecule has 154 valence electrons. The molecule has 0 radical (unpaired) electrons. The molecule has 0 N–H and O–H groups in total. The molecule has 0 saturated carbocycles. The summed E-state index contributed by atoms with van der Waals surface area (Å²) in [5.74, 6) is 0.517. The fourth-order valence-corrected chi connectivity index (χ4v) is 2.71. The minimum atomic E-state index is -0.570. The third-order valence-electron chi connectivity index (χ3n) is 4.07. The first kappa shape index (κ1) is 21.8. The molecule has 1 aliphatic rings. The molecule has 1 aromatic rings. The Kier molecular flexibility index (Phi) is 8.81. The maximum Gasteiger partial charge on any atom is 0.331 e. The summed E-state index contributed by atoms with van der Waals surface area (Å²) in [6.45, 7) is 8.22. The Bertz CT molecular complexity index is 687. The standard InChI is InChI=1S/C21H29NO6/c1-4-11-27-18-8-6-17(13-19(18)25-5-2)7-9-21(24)28-15-20(23)22-10-12-26-16(3)14-22/h6-9,13,16H,4-5,10-12,14-15H2,1-3H3/b9-7+. The van der Waals surface area contributed by atoms with Gasteiger partial charge in [0, 0.05) is 19.2 Å². The summed E-state index contributed by atoms with van der Waals surface area (Å²) in [6.07, 6.45) is 3.82. The number of amides is 1. The molecule has 1 amide bonds. The molecule has 0 bridgehead atoms. The van der Waals surface area contributed by atoms with Gasteiger partial charge in [-0.2, -0.15) is 0 Å². The number of benzene rings is 1. The first-order valence-corrected chi connectivity index (χ1v) is 9.67. The van der Waals surface area contributed by atoms with Crippen molar-refractivity contribution in [3.63, 3.8) is 0 Å². The van der Waals surface area contributed by atoms with Gasteiger partial charge in [-0.25, -0.2) is 4.79 Å². The van der Waals surface area contributed by atoms with E-state index in [2.05, 4.69) is 0 Å². The Morgan fingerprint density at radius 2 is 2.07 bits per heavy atom. The molecule has 1 aromatic carbocycles. The van der Waals surface area contributed by atoms with Crippen molar-refractivity contribution < 1.29 is 28.5 Å². The predicted octanol–water partition coefficient (Wildman–Crippen LogP) is 2.68. The van der Waals surface area contributed by atoms with E-state index >= 15 is 0 Å². The zero-order chi connectivity index (χ0) is 20.4. The lowest BCUT2D eigenvalue weighted by molar-refractivity contribution is -0.151. The van der Waals surface area contributed by atoms with E-state index in [9.17, 15) is 9.59 Å². The lowest BCUT2D eigenvalue weighted by atomic mass is 10.2. The van der Waals surface area contributed by atoms with Gasteiger partial charge in [0.05, 0.1) is 25.9 Å². The van der Waals surface area contributed by atoms with Gasteiger partial charge in [0.1, 0.15) is 0 Å². The molecule has 1 aliphatic heterocycles. The van der Waals surface area contributed by atoms with Crippen LogP contribution in [0.1, 0.15) is 32.8 Å². The Morgan fingerprint density at radius 1 is 1.25 bits per heavy atom. The minimum Gasteiger partial charge on any atom is -0.490 e. The van der Waals surface area contributed by atoms with Gasteiger partial charge in [-0.3, -0.25) is 4.79 Å². The lowest BCUT2D eigenvalue weighted by Crippen LogP contribution is -2.46. The van der Waals surface area contributed by atoms with Gasteiger partial charge in [0.15, 0.2) is 18.1 Å². The molecule has 1 atom stereocenters. The number of carbonyl (C=O) groups is 2. The van der Waals surface area contributed by atoms with Crippen molar-refractivity contribution in [2.45, 2.75) is 33.3 Å². The Labute approximate surface area is 166 Å². The SMILES string of the molecule is CCCOc1ccc(/C=C/C(=O)OCC(=O)N2CCOC(C)C2)cc1OCC. The van der Waals surface area contributed by atoms with Crippen LogP contribution in [0.3, 0.4) is 0 Å². The lowest BCUT2D eigenvalue weighted by Gasteiger charge is -2.30. The van der Waals surface area contributed by atoms with Crippen LogP contribution in [0.25, 0.3) is 6.08 Å². The number of ether oxygens (including phenoxy) is 4. The number of morpholine rings is 1. The van der Waals surface area contributed by atoms with Crippen LogP contribution < -0.4 is 9.47 Å². The highest BCUT2D eigenvalue weighted by Crippen LogP contribution is 2.29. The first-order chi connectivity index (χ1) is 13.5. The number of hydrogen-bond donors (Lipinski definition) is 0. The molecule has 7 heteroatoms. The van der Waals surface area contributed by atoms with Crippen molar-refractivity contribution in [1.82, 2.24) is 4.90 Å². The molecular formula is C21H29NO6. The monoisotopic (exact) mass is 391 g/mol. The molecule has 28 heavy (non-hydrogen) atoms. The Balaban J connectivity index is 1.88. The van der Waals surface area contributed by atoms with E-state index in [4.69, 9.17) is 18.9 Å². The van der Waals surface area contributed by atoms with Crippen LogP contribution in [0, 0.1) is 0 Å². The molecule has 7 nitrogen and oxygen atoms in total. The van der Waals surface area contributed by atoms with Gasteiger partial charge in [0.25, 0.3) is 5.91 Å². The highest BCUT2D eigenvalue weighted by Gasteiger charge is 2.21. The highest BCUT2D eigenvalue weighted by molar-refractivity contribution is 5.89. The van der Waals surface area contributed by atoms with Crippen molar-refractivity contribution >= 4 is 18.0 Å². The van der Waals surface area contributed by atoms with Crippen molar-refractivity contribution in [3.05, 3.63) is 29.8 Å². The fourth-order valence-electron chi connectivity index (χ4n) is 2.71. The quantitative estimate of drug-likeness (QED) is 0.476. The van der Waals surface area contributed by atoms with Gasteiger partial charge in [-0.15, -0.1) is 0 Å². The van der Waals surface area contributed by atoms with E-state index < -0.39 is 5.97 Å². The summed E-state index contributed by atoms with van der Waals surface area (Å²) in [4.78, 5) is 25.7. The Hall–Kier alpha value is -2.54. The largest absolute Gasteiger partial charge is 0.490 e. The summed E-state index contributed by atoms with van der Waals surface area (Å²) < 4.78 is 21.7. The third-order valence-corrected chi connectivity index (χ3v) is 4.07. The molecule has 1 saturated heterocycles. The van der Waals surface area contributed by atoms with Gasteiger partial charge in [0.2, 0.25) is 0 Å². The number of rotatable bonds is 9. The van der Waals surface area contributed by atoms with E-state index in [1.165, 1.54) is 6.08 Å². The second-order valence-corrected chi connectivity index (χ2v) is 6.45. The van der Waals surface area contributed by atoms with Crippen LogP contribution in [0.15, 0.2) is 24.3 Å². The maximum atomic E-state index is 12.1. The molecule has 0 spiro atoms. The number of esters is 1. The van der Waals surface area contributed by atoms with Crippen molar-refractivity contribution in [2.24, 2.45) is 0 Å². The Morgan fingerprint density at radius 3 is 2.79 bits per heavy atom. The zero-order valence-electron chi connectivity index (χ0n) is 16.8. The molecule has 0 aliphatic carbocycles. The van der Waals surface area contributed by atoms with Gasteiger partial charge in [-0.1, -0.05) is 13.0 Å². The van der Waals surface area contributed by atoms with Gasteiger partial charge >= 0.3 is 5.97 Å². The number of hydrogen-bond acceptors (Lipinski definition) is 6. The van der Waals surface area contributed by atoms with E-state index in [0.717, 1.165) is 12.0 Å². The van der Waals surface area contributed by atoms with Crippen LogP contribution in [0.5, 0.6) is 11.5 Å². The molecule has 2 rings (SSSR count). The number of nitrogens with zero attached hydrogens (tertiary/aromatic N) is 1. The fraction of sp³-hybridized carbons (Fsp3) is 0.524. The molecule has 1 heterocycles. The normalized spacial score (nSPS) is 16.8. The smallest absolute Gasteiger partial charge is 0.331 e. The third kappa shape index (κ3) is 6.88. The van der Waals surface area contributed by atoms with Crippen LogP contribution in [0.4, 0.5) is 0 Å².